The van der Waals surface area contributed by atoms with Gasteiger partial charge in [0.15, 0.2) is 11.6 Å². The molecule has 0 unspecified atom stereocenters. The first-order valence-corrected chi connectivity index (χ1v) is 7.83. The summed E-state index contributed by atoms with van der Waals surface area (Å²) in [6.07, 6.45) is 1.34. The monoisotopic (exact) mass is 314 g/mol. The van der Waals surface area contributed by atoms with Gasteiger partial charge in [0.1, 0.15) is 0 Å². The zero-order valence-corrected chi connectivity index (χ0v) is 13.7. The lowest BCUT2D eigenvalue weighted by atomic mass is 10.0. The van der Waals surface area contributed by atoms with E-state index in [1.54, 1.807) is 19.1 Å². The first-order valence-electron chi connectivity index (χ1n) is 7.83. The van der Waals surface area contributed by atoms with E-state index in [9.17, 15) is 4.79 Å². The minimum Gasteiger partial charge on any atom is -0.450 e. The molecule has 0 spiro atoms. The van der Waals surface area contributed by atoms with Crippen molar-refractivity contribution in [2.45, 2.75) is 33.6 Å². The number of hydrogen-bond donors (Lipinski definition) is 2. The zero-order chi connectivity index (χ0) is 16.7. The summed E-state index contributed by atoms with van der Waals surface area (Å²) in [6.45, 7) is 6.30. The van der Waals surface area contributed by atoms with Crippen LogP contribution in [-0.2, 0) is 17.6 Å². The quantitative estimate of drug-likeness (QED) is 0.845. The average molecular weight is 314 g/mol. The maximum atomic E-state index is 11.3. The Kier molecular flexibility index (Phi) is 5.91. The minimum absolute atomic E-state index is 0.312. The van der Waals surface area contributed by atoms with Crippen LogP contribution in [0.3, 0.4) is 0 Å². The Hall–Kier alpha value is -2.63. The molecule has 0 atom stereocenters. The Balaban J connectivity index is 2.14. The van der Waals surface area contributed by atoms with Crippen LogP contribution in [0, 0.1) is 0 Å². The van der Waals surface area contributed by atoms with Crippen LogP contribution >= 0.6 is 0 Å². The van der Waals surface area contributed by atoms with Crippen molar-refractivity contribution < 1.29 is 9.53 Å². The van der Waals surface area contributed by atoms with Gasteiger partial charge >= 0.3 is 6.09 Å². The molecule has 1 amide bonds. The highest BCUT2D eigenvalue weighted by Gasteiger charge is 2.08. The summed E-state index contributed by atoms with van der Waals surface area (Å²) in [6, 6.07) is 9.74. The third-order valence-electron chi connectivity index (χ3n) is 3.42. The second-order valence-corrected chi connectivity index (χ2v) is 4.93. The molecular formula is C17H22N4O2. The zero-order valence-electron chi connectivity index (χ0n) is 13.7. The highest BCUT2D eigenvalue weighted by Crippen LogP contribution is 2.25. The van der Waals surface area contributed by atoms with Gasteiger partial charge in [0.05, 0.1) is 6.61 Å². The number of carbonyl (C=O) groups excluding carboxylic acids is 1. The van der Waals surface area contributed by atoms with Crippen LogP contribution in [0.5, 0.6) is 0 Å². The number of benzene rings is 1. The molecule has 122 valence electrons. The van der Waals surface area contributed by atoms with E-state index >= 15 is 0 Å². The number of nitrogens with zero attached hydrogens (tertiary/aromatic N) is 2. The largest absolute Gasteiger partial charge is 0.450 e. The summed E-state index contributed by atoms with van der Waals surface area (Å²) < 4.78 is 4.80. The summed E-state index contributed by atoms with van der Waals surface area (Å²) in [5.74, 6) is 0.989. The number of ether oxygens (including phenoxy) is 1. The standard InChI is InChI=1S/C17H22N4O2/c1-4-12-8-7-9-13(5-2)16(12)18-14-10-11-15(21-20-14)19-17(22)23-6-3/h7-11H,4-6H2,1-3H3,(H,18,20)(H,19,21,22). The van der Waals surface area contributed by atoms with Crippen molar-refractivity contribution in [2.24, 2.45) is 0 Å². The third kappa shape index (κ3) is 4.42. The fourth-order valence-electron chi connectivity index (χ4n) is 2.27. The fraction of sp³-hybridized carbons (Fsp3) is 0.353. The van der Waals surface area contributed by atoms with Gasteiger partial charge < -0.3 is 10.1 Å². The fourth-order valence-corrected chi connectivity index (χ4v) is 2.27. The van der Waals surface area contributed by atoms with E-state index in [1.807, 2.05) is 0 Å². The summed E-state index contributed by atoms with van der Waals surface area (Å²) in [7, 11) is 0. The van der Waals surface area contributed by atoms with Crippen molar-refractivity contribution >= 4 is 23.4 Å². The topological polar surface area (TPSA) is 76.1 Å². The molecule has 0 fully saturated rings. The van der Waals surface area contributed by atoms with E-state index in [1.165, 1.54) is 11.1 Å². The van der Waals surface area contributed by atoms with Crippen molar-refractivity contribution in [3.05, 3.63) is 41.5 Å². The SMILES string of the molecule is CCOC(=O)Nc1ccc(Nc2c(CC)cccc2CC)nn1. The number of amides is 1. The first-order chi connectivity index (χ1) is 11.2. The molecule has 0 saturated heterocycles. The van der Waals surface area contributed by atoms with Crippen LogP contribution in [0.4, 0.5) is 22.1 Å². The summed E-state index contributed by atoms with van der Waals surface area (Å²) >= 11 is 0. The van der Waals surface area contributed by atoms with Gasteiger partial charge in [-0.05, 0) is 43.0 Å². The van der Waals surface area contributed by atoms with Crippen LogP contribution in [0.2, 0.25) is 0 Å². The van der Waals surface area contributed by atoms with Crippen molar-refractivity contribution in [1.82, 2.24) is 10.2 Å². The number of nitrogens with one attached hydrogen (secondary N) is 2. The molecule has 0 radical (unpaired) electrons. The van der Waals surface area contributed by atoms with Gasteiger partial charge in [-0.3, -0.25) is 5.32 Å². The molecule has 1 aromatic carbocycles. The van der Waals surface area contributed by atoms with Crippen LogP contribution in [-0.4, -0.2) is 22.9 Å². The third-order valence-corrected chi connectivity index (χ3v) is 3.42. The van der Waals surface area contributed by atoms with Gasteiger partial charge in [-0.25, -0.2) is 4.79 Å². The lowest BCUT2D eigenvalue weighted by Gasteiger charge is -2.14. The Bertz CT molecular complexity index is 634. The molecule has 23 heavy (non-hydrogen) atoms. The first kappa shape index (κ1) is 16.7. The highest BCUT2D eigenvalue weighted by molar-refractivity contribution is 5.83. The second kappa shape index (κ2) is 8.12. The Labute approximate surface area is 136 Å². The van der Waals surface area contributed by atoms with Gasteiger partial charge in [-0.15, -0.1) is 10.2 Å². The lowest BCUT2D eigenvalue weighted by Crippen LogP contribution is -2.14. The van der Waals surface area contributed by atoms with Gasteiger partial charge in [0, 0.05) is 5.69 Å². The molecule has 6 heteroatoms. The predicted molar refractivity (Wildman–Crippen MR) is 91.2 cm³/mol. The molecule has 1 heterocycles. The number of anilines is 3. The Morgan fingerprint density at radius 3 is 2.13 bits per heavy atom. The van der Waals surface area contributed by atoms with E-state index in [0.717, 1.165) is 18.5 Å². The van der Waals surface area contributed by atoms with E-state index in [2.05, 4.69) is 52.9 Å². The summed E-state index contributed by atoms with van der Waals surface area (Å²) in [4.78, 5) is 11.3. The highest BCUT2D eigenvalue weighted by atomic mass is 16.5. The van der Waals surface area contributed by atoms with Gasteiger partial charge in [0.2, 0.25) is 0 Å². The molecule has 2 rings (SSSR count). The van der Waals surface area contributed by atoms with E-state index < -0.39 is 6.09 Å². The molecular weight excluding hydrogens is 292 g/mol. The molecule has 0 aliphatic carbocycles. The second-order valence-electron chi connectivity index (χ2n) is 4.93. The Morgan fingerprint density at radius 2 is 1.61 bits per heavy atom. The summed E-state index contributed by atoms with van der Waals surface area (Å²) in [5, 5.41) is 13.9. The smallest absolute Gasteiger partial charge is 0.412 e. The predicted octanol–water partition coefficient (Wildman–Crippen LogP) is 3.91. The van der Waals surface area contributed by atoms with Crippen LogP contribution in [0.15, 0.2) is 30.3 Å². The lowest BCUT2D eigenvalue weighted by molar-refractivity contribution is 0.168. The molecule has 6 nitrogen and oxygen atoms in total. The number of aromatic nitrogens is 2. The van der Waals surface area contributed by atoms with Crippen molar-refractivity contribution in [3.63, 3.8) is 0 Å². The molecule has 0 aliphatic heterocycles. The Morgan fingerprint density at radius 1 is 1.00 bits per heavy atom. The average Bonchev–Trinajstić information content (AvgIpc) is 2.57. The molecule has 2 aromatic rings. The van der Waals surface area contributed by atoms with Gasteiger partial charge in [0.25, 0.3) is 0 Å². The number of aryl methyl sites for hydroxylation is 2. The van der Waals surface area contributed by atoms with Crippen LogP contribution < -0.4 is 10.6 Å². The number of hydrogen-bond acceptors (Lipinski definition) is 5. The molecule has 0 aliphatic rings. The molecule has 0 bridgehead atoms. The number of carbonyl (C=O) groups is 1. The van der Waals surface area contributed by atoms with E-state index in [0.29, 0.717) is 18.2 Å². The molecule has 0 saturated carbocycles. The normalized spacial score (nSPS) is 10.2. The maximum Gasteiger partial charge on any atom is 0.412 e. The van der Waals surface area contributed by atoms with Crippen molar-refractivity contribution in [1.29, 1.82) is 0 Å². The van der Waals surface area contributed by atoms with E-state index in [-0.39, 0.29) is 0 Å². The maximum absolute atomic E-state index is 11.3. The van der Waals surface area contributed by atoms with Crippen LogP contribution in [0.25, 0.3) is 0 Å². The van der Waals surface area contributed by atoms with Crippen molar-refractivity contribution in [3.8, 4) is 0 Å². The summed E-state index contributed by atoms with van der Waals surface area (Å²) in [5.41, 5.74) is 3.55. The minimum atomic E-state index is -0.535. The van der Waals surface area contributed by atoms with Gasteiger partial charge in [-0.1, -0.05) is 32.0 Å². The molecule has 1 aromatic heterocycles. The van der Waals surface area contributed by atoms with Gasteiger partial charge in [-0.2, -0.15) is 0 Å². The van der Waals surface area contributed by atoms with E-state index in [4.69, 9.17) is 4.74 Å². The number of para-hydroxylation sites is 1. The van der Waals surface area contributed by atoms with Crippen molar-refractivity contribution in [2.75, 3.05) is 17.2 Å². The van der Waals surface area contributed by atoms with Crippen LogP contribution in [0.1, 0.15) is 31.9 Å². The number of rotatable bonds is 6. The molecule has 2 N–H and O–H groups in total.